The number of carbonyl (C=O) groups is 1. The molecule has 0 aromatic heterocycles. The van der Waals surface area contributed by atoms with Gasteiger partial charge in [-0.1, -0.05) is 0 Å². The molecule has 0 radical (unpaired) electrons. The molecule has 7 heteroatoms. The molecule has 0 saturated carbocycles. The van der Waals surface area contributed by atoms with Gasteiger partial charge >= 0.3 is 6.61 Å². The summed E-state index contributed by atoms with van der Waals surface area (Å²) in [4.78, 5) is 14.8. The van der Waals surface area contributed by atoms with E-state index in [1.54, 1.807) is 6.07 Å². The number of fused-ring (bicyclic) bond motifs is 2. The first kappa shape index (κ1) is 16.0. The van der Waals surface area contributed by atoms with Crippen molar-refractivity contribution in [2.75, 3.05) is 20.2 Å². The molecule has 5 nitrogen and oxygen atoms in total. The van der Waals surface area contributed by atoms with Gasteiger partial charge in [-0.3, -0.25) is 4.79 Å². The molecular weight excluding hydrogens is 306 g/mol. The standard InChI is InChI=1S/C16H20F2N2O3/c1-22-13-5-2-10(8-14(13)23-16(17)18)15(21)20-11-3-4-12(20)9-19-7-6-11/h2,5,8,11-12,16,19H,3-4,6-7,9H2,1H3. The van der Waals surface area contributed by atoms with E-state index >= 15 is 0 Å². The maximum Gasteiger partial charge on any atom is 0.387 e. The van der Waals surface area contributed by atoms with Gasteiger partial charge in [0, 0.05) is 24.2 Å². The van der Waals surface area contributed by atoms with Crippen LogP contribution in [-0.2, 0) is 0 Å². The van der Waals surface area contributed by atoms with Crippen molar-refractivity contribution in [3.8, 4) is 11.5 Å². The zero-order valence-corrected chi connectivity index (χ0v) is 12.9. The Kier molecular flexibility index (Phi) is 4.66. The molecule has 1 amide bonds. The Hall–Kier alpha value is -1.89. The van der Waals surface area contributed by atoms with Gasteiger partial charge in [-0.05, 0) is 44.0 Å². The summed E-state index contributed by atoms with van der Waals surface area (Å²) in [6.07, 6.45) is 2.88. The first-order valence-corrected chi connectivity index (χ1v) is 7.76. The number of nitrogens with zero attached hydrogens (tertiary/aromatic N) is 1. The van der Waals surface area contributed by atoms with Crippen LogP contribution in [0.5, 0.6) is 11.5 Å². The van der Waals surface area contributed by atoms with E-state index in [0.29, 0.717) is 5.56 Å². The zero-order chi connectivity index (χ0) is 16.4. The second kappa shape index (κ2) is 6.70. The van der Waals surface area contributed by atoms with E-state index in [1.165, 1.54) is 19.2 Å². The van der Waals surface area contributed by atoms with Crippen molar-refractivity contribution in [2.24, 2.45) is 0 Å². The predicted octanol–water partition coefficient (Wildman–Crippen LogP) is 2.26. The van der Waals surface area contributed by atoms with E-state index in [4.69, 9.17) is 4.74 Å². The topological polar surface area (TPSA) is 50.8 Å². The Balaban J connectivity index is 1.87. The van der Waals surface area contributed by atoms with E-state index in [1.807, 2.05) is 4.90 Å². The summed E-state index contributed by atoms with van der Waals surface area (Å²) in [6, 6.07) is 4.80. The minimum Gasteiger partial charge on any atom is -0.493 e. The van der Waals surface area contributed by atoms with E-state index < -0.39 is 6.61 Å². The van der Waals surface area contributed by atoms with Crippen LogP contribution < -0.4 is 14.8 Å². The highest BCUT2D eigenvalue weighted by molar-refractivity contribution is 5.95. The molecule has 23 heavy (non-hydrogen) atoms. The van der Waals surface area contributed by atoms with Gasteiger partial charge < -0.3 is 19.7 Å². The molecule has 0 aliphatic carbocycles. The SMILES string of the molecule is COc1ccc(C(=O)N2C3CCNCC2CC3)cc1OC(F)F. The van der Waals surface area contributed by atoms with Crippen LogP contribution in [0.2, 0.25) is 0 Å². The molecule has 1 N–H and O–H groups in total. The van der Waals surface area contributed by atoms with Crippen LogP contribution in [0.25, 0.3) is 0 Å². The molecule has 126 valence electrons. The van der Waals surface area contributed by atoms with E-state index in [-0.39, 0.29) is 29.5 Å². The lowest BCUT2D eigenvalue weighted by Crippen LogP contribution is -2.42. The Morgan fingerprint density at radius 1 is 1.26 bits per heavy atom. The fraction of sp³-hybridized carbons (Fsp3) is 0.562. The number of carbonyl (C=O) groups excluding carboxylic acids is 1. The molecule has 2 atom stereocenters. The van der Waals surface area contributed by atoms with Crippen molar-refractivity contribution in [1.82, 2.24) is 10.2 Å². The summed E-state index contributed by atoms with van der Waals surface area (Å²) >= 11 is 0. The van der Waals surface area contributed by atoms with E-state index in [9.17, 15) is 13.6 Å². The van der Waals surface area contributed by atoms with Gasteiger partial charge in [0.1, 0.15) is 0 Å². The summed E-state index contributed by atoms with van der Waals surface area (Å²) < 4.78 is 34.5. The van der Waals surface area contributed by atoms with Crippen molar-refractivity contribution < 1.29 is 23.0 Å². The average Bonchev–Trinajstić information content (AvgIpc) is 2.79. The van der Waals surface area contributed by atoms with Gasteiger partial charge in [-0.2, -0.15) is 8.78 Å². The van der Waals surface area contributed by atoms with Crippen LogP contribution in [0, 0.1) is 0 Å². The second-order valence-electron chi connectivity index (χ2n) is 5.83. The Labute approximate surface area is 133 Å². The average molecular weight is 326 g/mol. The van der Waals surface area contributed by atoms with Gasteiger partial charge in [-0.15, -0.1) is 0 Å². The summed E-state index contributed by atoms with van der Waals surface area (Å²) in [6.45, 7) is -1.29. The molecule has 2 heterocycles. The summed E-state index contributed by atoms with van der Waals surface area (Å²) in [5, 5.41) is 3.33. The largest absolute Gasteiger partial charge is 0.493 e. The molecule has 2 aliphatic rings. The quantitative estimate of drug-likeness (QED) is 0.922. The highest BCUT2D eigenvalue weighted by Crippen LogP contribution is 2.33. The van der Waals surface area contributed by atoms with Crippen LogP contribution >= 0.6 is 0 Å². The van der Waals surface area contributed by atoms with Crippen molar-refractivity contribution in [1.29, 1.82) is 0 Å². The minimum atomic E-state index is -2.96. The lowest BCUT2D eigenvalue weighted by atomic mass is 10.1. The van der Waals surface area contributed by atoms with Gasteiger partial charge in [0.2, 0.25) is 0 Å². The second-order valence-corrected chi connectivity index (χ2v) is 5.83. The monoisotopic (exact) mass is 326 g/mol. The molecule has 1 aromatic rings. The third kappa shape index (κ3) is 3.24. The number of methoxy groups -OCH3 is 1. The summed E-state index contributed by atoms with van der Waals surface area (Å²) in [7, 11) is 1.37. The number of benzene rings is 1. The highest BCUT2D eigenvalue weighted by atomic mass is 19.3. The number of halogens is 2. The Morgan fingerprint density at radius 2 is 2.04 bits per heavy atom. The Morgan fingerprint density at radius 3 is 2.78 bits per heavy atom. The van der Waals surface area contributed by atoms with Crippen LogP contribution in [0.1, 0.15) is 29.6 Å². The van der Waals surface area contributed by atoms with Gasteiger partial charge in [0.25, 0.3) is 5.91 Å². The number of hydrogen-bond donors (Lipinski definition) is 1. The Bertz CT molecular complexity index is 568. The normalized spacial score (nSPS) is 23.7. The predicted molar refractivity (Wildman–Crippen MR) is 80.1 cm³/mol. The lowest BCUT2D eigenvalue weighted by Gasteiger charge is -2.28. The number of amides is 1. The van der Waals surface area contributed by atoms with Crippen molar-refractivity contribution in [3.05, 3.63) is 23.8 Å². The minimum absolute atomic E-state index is 0.117. The smallest absolute Gasteiger partial charge is 0.387 e. The number of rotatable bonds is 4. The number of alkyl halides is 2. The van der Waals surface area contributed by atoms with Crippen LogP contribution in [0.4, 0.5) is 8.78 Å². The number of ether oxygens (including phenoxy) is 2. The van der Waals surface area contributed by atoms with E-state index in [0.717, 1.165) is 32.4 Å². The third-order valence-electron chi connectivity index (χ3n) is 4.52. The molecule has 3 rings (SSSR count). The number of nitrogens with one attached hydrogen (secondary N) is 1. The molecule has 2 unspecified atom stereocenters. The molecule has 0 spiro atoms. The van der Waals surface area contributed by atoms with Gasteiger partial charge in [-0.25, -0.2) is 0 Å². The first-order valence-electron chi connectivity index (χ1n) is 7.76. The lowest BCUT2D eigenvalue weighted by molar-refractivity contribution is -0.0512. The van der Waals surface area contributed by atoms with Crippen molar-refractivity contribution in [2.45, 2.75) is 38.0 Å². The number of hydrogen-bond acceptors (Lipinski definition) is 4. The van der Waals surface area contributed by atoms with Crippen molar-refractivity contribution >= 4 is 5.91 Å². The fourth-order valence-electron chi connectivity index (χ4n) is 3.46. The van der Waals surface area contributed by atoms with Crippen LogP contribution in [0.3, 0.4) is 0 Å². The van der Waals surface area contributed by atoms with Crippen LogP contribution in [0.15, 0.2) is 18.2 Å². The summed E-state index contributed by atoms with van der Waals surface area (Å²) in [5.74, 6) is -0.0704. The molecule has 1 aromatic carbocycles. The maximum absolute atomic E-state index is 12.9. The summed E-state index contributed by atoms with van der Waals surface area (Å²) in [5.41, 5.74) is 0.347. The third-order valence-corrected chi connectivity index (χ3v) is 4.52. The molecule has 2 saturated heterocycles. The molecule has 2 aliphatic heterocycles. The molecule has 2 bridgehead atoms. The van der Waals surface area contributed by atoms with E-state index in [2.05, 4.69) is 10.1 Å². The molecule has 2 fully saturated rings. The highest BCUT2D eigenvalue weighted by Gasteiger charge is 2.38. The zero-order valence-electron chi connectivity index (χ0n) is 12.9. The fourth-order valence-corrected chi connectivity index (χ4v) is 3.46. The van der Waals surface area contributed by atoms with Gasteiger partial charge in [0.15, 0.2) is 11.5 Å². The van der Waals surface area contributed by atoms with Crippen molar-refractivity contribution in [3.63, 3.8) is 0 Å². The maximum atomic E-state index is 12.9. The first-order chi connectivity index (χ1) is 11.1. The van der Waals surface area contributed by atoms with Gasteiger partial charge in [0.05, 0.1) is 7.11 Å². The molecular formula is C16H20F2N2O3. The van der Waals surface area contributed by atoms with Crippen LogP contribution in [-0.4, -0.2) is 49.7 Å².